The molecule has 0 aromatic heterocycles. The summed E-state index contributed by atoms with van der Waals surface area (Å²) in [4.78, 5) is 0. The molecule has 3 atom stereocenters. The van der Waals surface area contributed by atoms with Crippen molar-refractivity contribution in [3.8, 4) is 0 Å². The van der Waals surface area contributed by atoms with Gasteiger partial charge in [-0.3, -0.25) is 0 Å². The molecule has 0 bridgehead atoms. The lowest BCUT2D eigenvalue weighted by Crippen LogP contribution is -2.18. The van der Waals surface area contributed by atoms with Crippen LogP contribution in [0.2, 0.25) is 0 Å². The van der Waals surface area contributed by atoms with E-state index < -0.39 is 0 Å². The van der Waals surface area contributed by atoms with E-state index in [1.165, 1.54) is 17.5 Å². The number of nitrogens with two attached hydrogens (primary N) is 1. The molecule has 0 radical (unpaired) electrons. The minimum Gasteiger partial charge on any atom is -0.399 e. The molecule has 1 aromatic carbocycles. The molecule has 2 heteroatoms. The van der Waals surface area contributed by atoms with Crippen molar-refractivity contribution in [2.75, 3.05) is 5.73 Å². The molecule has 0 aliphatic heterocycles. The molecule has 2 N–H and O–H groups in total. The lowest BCUT2D eigenvalue weighted by Gasteiger charge is -2.29. The van der Waals surface area contributed by atoms with E-state index >= 15 is 0 Å². The number of hydrogen-bond acceptors (Lipinski definition) is 1. The normalized spacial score (nSPS) is 28.3. The molecule has 0 heterocycles. The third-order valence-corrected chi connectivity index (χ3v) is 4.61. The zero-order valence-corrected chi connectivity index (χ0v) is 12.6. The van der Waals surface area contributed by atoms with Crippen molar-refractivity contribution in [1.29, 1.82) is 0 Å². The van der Waals surface area contributed by atoms with Crippen LogP contribution in [0.5, 0.6) is 0 Å². The lowest BCUT2D eigenvalue weighted by molar-refractivity contribution is 0.499. The van der Waals surface area contributed by atoms with Crippen molar-refractivity contribution in [1.82, 2.24) is 0 Å². The Labute approximate surface area is 118 Å². The van der Waals surface area contributed by atoms with Crippen molar-refractivity contribution in [3.05, 3.63) is 41.5 Å². The summed E-state index contributed by atoms with van der Waals surface area (Å²) in [7, 11) is 0. The predicted molar refractivity (Wildman–Crippen MR) is 83.7 cm³/mol. The summed E-state index contributed by atoms with van der Waals surface area (Å²) in [6, 6.07) is 6.40. The highest BCUT2D eigenvalue weighted by Crippen LogP contribution is 2.38. The summed E-state index contributed by atoms with van der Waals surface area (Å²) in [6.07, 6.45) is 7.01. The molecule has 1 aromatic rings. The average Bonchev–Trinajstić information content (AvgIpc) is 2.32. The average molecular weight is 341 g/mol. The van der Waals surface area contributed by atoms with Crippen LogP contribution >= 0.6 is 22.6 Å². The molecule has 17 heavy (non-hydrogen) atoms. The Kier molecular flexibility index (Phi) is 4.13. The van der Waals surface area contributed by atoms with Gasteiger partial charge in [0.15, 0.2) is 0 Å². The van der Waals surface area contributed by atoms with Gasteiger partial charge in [0.2, 0.25) is 0 Å². The van der Waals surface area contributed by atoms with Gasteiger partial charge in [0.1, 0.15) is 0 Å². The Bertz CT molecular complexity index is 425. The topological polar surface area (TPSA) is 26.0 Å². The molecule has 1 aliphatic rings. The van der Waals surface area contributed by atoms with E-state index in [9.17, 15) is 0 Å². The predicted octanol–water partition coefficient (Wildman–Crippen LogP) is 4.31. The van der Waals surface area contributed by atoms with Crippen LogP contribution in [0.3, 0.4) is 0 Å². The van der Waals surface area contributed by atoms with E-state index in [2.05, 4.69) is 60.7 Å². The third kappa shape index (κ3) is 2.84. The van der Waals surface area contributed by atoms with E-state index in [1.807, 2.05) is 6.07 Å². The summed E-state index contributed by atoms with van der Waals surface area (Å²) < 4.78 is 0.653. The maximum atomic E-state index is 5.95. The number of allylic oxidation sites excluding steroid dienone is 2. The van der Waals surface area contributed by atoms with Gasteiger partial charge in [0.05, 0.1) is 0 Å². The monoisotopic (exact) mass is 341 g/mol. The van der Waals surface area contributed by atoms with Crippen molar-refractivity contribution >= 4 is 28.3 Å². The first-order valence-electron chi connectivity index (χ1n) is 6.32. The Hall–Kier alpha value is -0.510. The zero-order chi connectivity index (χ0) is 12.4. The van der Waals surface area contributed by atoms with Crippen LogP contribution in [0.15, 0.2) is 30.4 Å². The molecule has 0 fully saturated rings. The summed E-state index contributed by atoms with van der Waals surface area (Å²) in [5.74, 6) is 1.24. The van der Waals surface area contributed by atoms with Gasteiger partial charge in [0.25, 0.3) is 0 Å². The molecule has 0 spiro atoms. The van der Waals surface area contributed by atoms with Crippen LogP contribution in [-0.2, 0) is 6.42 Å². The molecular weight excluding hydrogens is 321 g/mol. The number of benzene rings is 1. The fourth-order valence-corrected chi connectivity index (χ4v) is 3.44. The minimum absolute atomic E-state index is 0.619. The quantitative estimate of drug-likeness (QED) is 0.369. The van der Waals surface area contributed by atoms with Gasteiger partial charge < -0.3 is 5.73 Å². The fourth-order valence-electron chi connectivity index (χ4n) is 2.66. The van der Waals surface area contributed by atoms with Crippen molar-refractivity contribution in [3.63, 3.8) is 0 Å². The van der Waals surface area contributed by atoms with Crippen LogP contribution in [-0.4, -0.2) is 3.92 Å². The highest BCUT2D eigenvalue weighted by Gasteiger charge is 2.25. The summed E-state index contributed by atoms with van der Waals surface area (Å²) in [5, 5.41) is 0. The van der Waals surface area contributed by atoms with Gasteiger partial charge in [0, 0.05) is 9.61 Å². The van der Waals surface area contributed by atoms with Crippen molar-refractivity contribution in [2.24, 2.45) is 5.92 Å². The standard InChI is InChI=1S/C15H20IN/c1-3-11-5-7-13(17)9-15(11)14-8-12(16)6-4-10(14)2/h4-7,9-10,12,14H,3,8,17H2,1-2H3. The first-order chi connectivity index (χ1) is 8.11. The SMILES string of the molecule is CCc1ccc(N)cc1C1CC(I)C=CC1C. The maximum Gasteiger partial charge on any atom is 0.0317 e. The largest absolute Gasteiger partial charge is 0.399 e. The second-order valence-electron chi connectivity index (χ2n) is 4.91. The van der Waals surface area contributed by atoms with Gasteiger partial charge in [-0.2, -0.15) is 0 Å². The molecule has 0 amide bonds. The summed E-state index contributed by atoms with van der Waals surface area (Å²) in [5.41, 5.74) is 9.76. The number of aryl methyl sites for hydroxylation is 1. The van der Waals surface area contributed by atoms with E-state index in [4.69, 9.17) is 5.73 Å². The van der Waals surface area contributed by atoms with Crippen molar-refractivity contribution < 1.29 is 0 Å². The summed E-state index contributed by atoms with van der Waals surface area (Å²) >= 11 is 2.52. The van der Waals surface area contributed by atoms with Gasteiger partial charge in [-0.25, -0.2) is 0 Å². The number of alkyl halides is 1. The van der Waals surface area contributed by atoms with Crippen LogP contribution in [0.1, 0.15) is 37.3 Å². The second kappa shape index (κ2) is 5.42. The molecule has 1 nitrogen and oxygen atoms in total. The minimum atomic E-state index is 0.619. The molecule has 2 rings (SSSR count). The molecule has 1 aliphatic carbocycles. The van der Waals surface area contributed by atoms with Crippen LogP contribution in [0, 0.1) is 5.92 Å². The summed E-state index contributed by atoms with van der Waals surface area (Å²) in [6.45, 7) is 4.53. The Morgan fingerprint density at radius 2 is 2.12 bits per heavy atom. The maximum absolute atomic E-state index is 5.95. The smallest absolute Gasteiger partial charge is 0.0317 e. The Morgan fingerprint density at radius 3 is 2.82 bits per heavy atom. The molecule has 0 saturated carbocycles. The van der Waals surface area contributed by atoms with E-state index in [0.29, 0.717) is 15.8 Å². The molecule has 92 valence electrons. The Morgan fingerprint density at radius 1 is 1.35 bits per heavy atom. The van der Waals surface area contributed by atoms with Crippen LogP contribution in [0.25, 0.3) is 0 Å². The number of nitrogen functional groups attached to an aromatic ring is 1. The number of halogens is 1. The Balaban J connectivity index is 2.38. The third-order valence-electron chi connectivity index (χ3n) is 3.69. The highest BCUT2D eigenvalue weighted by molar-refractivity contribution is 14.1. The fraction of sp³-hybridized carbons (Fsp3) is 0.467. The number of rotatable bonds is 2. The lowest BCUT2D eigenvalue weighted by atomic mass is 9.78. The van der Waals surface area contributed by atoms with Crippen molar-refractivity contribution in [2.45, 2.75) is 36.5 Å². The van der Waals surface area contributed by atoms with Crippen LogP contribution in [0.4, 0.5) is 5.69 Å². The molecular formula is C15H20IN. The van der Waals surface area contributed by atoms with E-state index in [0.717, 1.165) is 12.1 Å². The van der Waals surface area contributed by atoms with E-state index in [-0.39, 0.29) is 0 Å². The first-order valence-corrected chi connectivity index (χ1v) is 7.57. The molecule has 0 saturated heterocycles. The van der Waals surface area contributed by atoms with Gasteiger partial charge in [-0.15, -0.1) is 0 Å². The number of hydrogen-bond donors (Lipinski definition) is 1. The second-order valence-corrected chi connectivity index (χ2v) is 6.51. The van der Waals surface area contributed by atoms with Gasteiger partial charge in [-0.1, -0.05) is 54.7 Å². The van der Waals surface area contributed by atoms with Crippen LogP contribution < -0.4 is 5.73 Å². The molecule has 3 unspecified atom stereocenters. The first kappa shape index (κ1) is 12.9. The highest BCUT2D eigenvalue weighted by atomic mass is 127. The number of anilines is 1. The zero-order valence-electron chi connectivity index (χ0n) is 10.5. The van der Waals surface area contributed by atoms with Gasteiger partial charge in [-0.05, 0) is 47.9 Å². The van der Waals surface area contributed by atoms with E-state index in [1.54, 1.807) is 0 Å². The van der Waals surface area contributed by atoms with Gasteiger partial charge >= 0.3 is 0 Å².